The zero-order chi connectivity index (χ0) is 7.47. The predicted octanol–water partition coefficient (Wildman–Crippen LogP) is 1.41. The van der Waals surface area contributed by atoms with Crippen LogP contribution < -0.4 is 0 Å². The summed E-state index contributed by atoms with van der Waals surface area (Å²) in [6.45, 7) is 3.96. The Morgan fingerprint density at radius 2 is 1.91 bits per heavy atom. The van der Waals surface area contributed by atoms with Crippen LogP contribution in [-0.4, -0.2) is 19.0 Å². The van der Waals surface area contributed by atoms with Gasteiger partial charge in [0.1, 0.15) is 0 Å². The Morgan fingerprint density at radius 3 is 2.45 bits per heavy atom. The van der Waals surface area contributed by atoms with Gasteiger partial charge in [-0.2, -0.15) is 0 Å². The SMILES string of the molecule is C[C@H]1CC[C@H]2[C@@H]1C21OCCO1. The Bertz CT molecular complexity index is 184. The van der Waals surface area contributed by atoms with Gasteiger partial charge in [-0.05, 0) is 18.8 Å². The maximum Gasteiger partial charge on any atom is 0.175 e. The van der Waals surface area contributed by atoms with Crippen molar-refractivity contribution in [2.24, 2.45) is 17.8 Å². The highest BCUT2D eigenvalue weighted by Crippen LogP contribution is 2.66. The molecule has 3 rings (SSSR count). The van der Waals surface area contributed by atoms with E-state index in [1.54, 1.807) is 0 Å². The summed E-state index contributed by atoms with van der Waals surface area (Å²) in [5.74, 6) is 2.25. The molecule has 0 aromatic rings. The summed E-state index contributed by atoms with van der Waals surface area (Å²) in [6.07, 6.45) is 2.70. The van der Waals surface area contributed by atoms with Crippen molar-refractivity contribution < 1.29 is 9.47 Å². The van der Waals surface area contributed by atoms with Gasteiger partial charge in [-0.1, -0.05) is 6.92 Å². The smallest absolute Gasteiger partial charge is 0.175 e. The Hall–Kier alpha value is -0.0800. The molecule has 0 aromatic carbocycles. The summed E-state index contributed by atoms with van der Waals surface area (Å²) in [5, 5.41) is 0. The number of ether oxygens (including phenoxy) is 2. The molecule has 0 radical (unpaired) electrons. The van der Waals surface area contributed by atoms with E-state index in [9.17, 15) is 0 Å². The Morgan fingerprint density at radius 1 is 1.18 bits per heavy atom. The van der Waals surface area contributed by atoms with E-state index in [1.165, 1.54) is 12.8 Å². The van der Waals surface area contributed by atoms with E-state index >= 15 is 0 Å². The van der Waals surface area contributed by atoms with Gasteiger partial charge in [-0.25, -0.2) is 0 Å². The lowest BCUT2D eigenvalue weighted by molar-refractivity contribution is -0.104. The van der Waals surface area contributed by atoms with E-state index in [0.717, 1.165) is 31.0 Å². The third-order valence-corrected chi connectivity index (χ3v) is 3.59. The van der Waals surface area contributed by atoms with E-state index in [2.05, 4.69) is 6.92 Å². The van der Waals surface area contributed by atoms with Gasteiger partial charge in [0.05, 0.1) is 13.2 Å². The summed E-state index contributed by atoms with van der Waals surface area (Å²) >= 11 is 0. The van der Waals surface area contributed by atoms with E-state index in [-0.39, 0.29) is 5.79 Å². The third-order valence-electron chi connectivity index (χ3n) is 3.59. The number of hydrogen-bond donors (Lipinski definition) is 0. The zero-order valence-corrected chi connectivity index (χ0v) is 6.88. The fourth-order valence-electron chi connectivity index (χ4n) is 3.08. The standard InChI is InChI=1S/C9H14O2/c1-6-2-3-7-8(6)9(7)10-4-5-11-9/h6-8H,2-5H2,1H3/t6-,7-,8+/m0/s1. The average molecular weight is 154 g/mol. The van der Waals surface area contributed by atoms with Crippen molar-refractivity contribution in [1.82, 2.24) is 0 Å². The second-order valence-electron chi connectivity index (χ2n) is 4.11. The van der Waals surface area contributed by atoms with Gasteiger partial charge in [-0.3, -0.25) is 0 Å². The van der Waals surface area contributed by atoms with Gasteiger partial charge in [0.25, 0.3) is 0 Å². The molecular formula is C9H14O2. The highest BCUT2D eigenvalue weighted by Gasteiger charge is 2.72. The van der Waals surface area contributed by atoms with Gasteiger partial charge in [0.2, 0.25) is 0 Å². The first kappa shape index (κ1) is 6.44. The molecule has 1 saturated heterocycles. The van der Waals surface area contributed by atoms with Crippen LogP contribution in [0, 0.1) is 17.8 Å². The highest BCUT2D eigenvalue weighted by molar-refractivity contribution is 5.14. The molecule has 3 aliphatic rings. The molecule has 1 spiro atoms. The lowest BCUT2D eigenvalue weighted by Crippen LogP contribution is -2.19. The minimum atomic E-state index is -0.0718. The van der Waals surface area contributed by atoms with Gasteiger partial charge < -0.3 is 9.47 Å². The second kappa shape index (κ2) is 1.80. The molecule has 0 amide bonds. The molecule has 1 aliphatic heterocycles. The molecule has 2 nitrogen and oxygen atoms in total. The largest absolute Gasteiger partial charge is 0.347 e. The molecule has 2 aliphatic carbocycles. The van der Waals surface area contributed by atoms with Crippen LogP contribution in [0.1, 0.15) is 19.8 Å². The summed E-state index contributed by atoms with van der Waals surface area (Å²) in [6, 6.07) is 0. The van der Waals surface area contributed by atoms with E-state index < -0.39 is 0 Å². The average Bonchev–Trinajstić information content (AvgIpc) is 2.30. The molecule has 11 heavy (non-hydrogen) atoms. The van der Waals surface area contributed by atoms with Crippen molar-refractivity contribution in [3.8, 4) is 0 Å². The summed E-state index contributed by atoms with van der Waals surface area (Å²) in [4.78, 5) is 0. The predicted molar refractivity (Wildman–Crippen MR) is 40.0 cm³/mol. The molecule has 0 aromatic heterocycles. The van der Waals surface area contributed by atoms with Crippen LogP contribution in [0.3, 0.4) is 0 Å². The molecular weight excluding hydrogens is 140 g/mol. The second-order valence-corrected chi connectivity index (χ2v) is 4.11. The van der Waals surface area contributed by atoms with Crippen molar-refractivity contribution in [1.29, 1.82) is 0 Å². The maximum absolute atomic E-state index is 5.67. The maximum atomic E-state index is 5.67. The summed E-state index contributed by atoms with van der Waals surface area (Å²) in [5.41, 5.74) is 0. The fraction of sp³-hybridized carbons (Fsp3) is 1.00. The van der Waals surface area contributed by atoms with Gasteiger partial charge in [-0.15, -0.1) is 0 Å². The Labute approximate surface area is 66.9 Å². The fourth-order valence-corrected chi connectivity index (χ4v) is 3.08. The summed E-state index contributed by atoms with van der Waals surface area (Å²) in [7, 11) is 0. The quantitative estimate of drug-likeness (QED) is 0.525. The first-order valence-corrected chi connectivity index (χ1v) is 4.62. The van der Waals surface area contributed by atoms with Gasteiger partial charge >= 0.3 is 0 Å². The molecule has 2 heteroatoms. The topological polar surface area (TPSA) is 18.5 Å². The normalized spacial score (nSPS) is 51.5. The molecule has 3 fully saturated rings. The van der Waals surface area contributed by atoms with Crippen molar-refractivity contribution in [3.63, 3.8) is 0 Å². The third kappa shape index (κ3) is 0.611. The van der Waals surface area contributed by atoms with Crippen molar-refractivity contribution in [3.05, 3.63) is 0 Å². The number of rotatable bonds is 0. The van der Waals surface area contributed by atoms with Crippen molar-refractivity contribution in [2.45, 2.75) is 25.6 Å². The minimum absolute atomic E-state index is 0.0718. The van der Waals surface area contributed by atoms with Crippen LogP contribution in [0.4, 0.5) is 0 Å². The lowest BCUT2D eigenvalue weighted by Gasteiger charge is -2.15. The van der Waals surface area contributed by atoms with Crippen LogP contribution in [0.5, 0.6) is 0 Å². The van der Waals surface area contributed by atoms with Crippen LogP contribution >= 0.6 is 0 Å². The molecule has 62 valence electrons. The molecule has 3 atom stereocenters. The molecule has 1 heterocycles. The number of hydrogen-bond acceptors (Lipinski definition) is 2. The van der Waals surface area contributed by atoms with E-state index in [4.69, 9.17) is 9.47 Å². The summed E-state index contributed by atoms with van der Waals surface area (Å²) < 4.78 is 11.3. The minimum Gasteiger partial charge on any atom is -0.347 e. The van der Waals surface area contributed by atoms with Crippen LogP contribution in [-0.2, 0) is 9.47 Å². The van der Waals surface area contributed by atoms with Crippen LogP contribution in [0.2, 0.25) is 0 Å². The van der Waals surface area contributed by atoms with E-state index in [1.807, 2.05) is 0 Å². The Balaban J connectivity index is 1.84. The van der Waals surface area contributed by atoms with Crippen molar-refractivity contribution in [2.75, 3.05) is 13.2 Å². The molecule has 2 saturated carbocycles. The molecule has 0 unspecified atom stereocenters. The van der Waals surface area contributed by atoms with Crippen molar-refractivity contribution >= 4 is 0 Å². The molecule has 0 bridgehead atoms. The lowest BCUT2D eigenvalue weighted by atomic mass is 10.1. The molecule has 0 N–H and O–H groups in total. The highest BCUT2D eigenvalue weighted by atomic mass is 16.7. The zero-order valence-electron chi connectivity index (χ0n) is 6.88. The number of fused-ring (bicyclic) bond motifs is 3. The first-order chi connectivity index (χ1) is 5.34. The monoisotopic (exact) mass is 154 g/mol. The Kier molecular flexibility index (Phi) is 1.06. The van der Waals surface area contributed by atoms with Crippen LogP contribution in [0.15, 0.2) is 0 Å². The van der Waals surface area contributed by atoms with Gasteiger partial charge in [0.15, 0.2) is 5.79 Å². The first-order valence-electron chi connectivity index (χ1n) is 4.62. The van der Waals surface area contributed by atoms with E-state index in [0.29, 0.717) is 0 Å². The van der Waals surface area contributed by atoms with Gasteiger partial charge in [0, 0.05) is 11.8 Å². The van der Waals surface area contributed by atoms with Crippen LogP contribution in [0.25, 0.3) is 0 Å².